The SMILES string of the molecule is CN(C(=O)C1CCC1)c1ccc2c(c1)nc(N)n2CC(C)(C)O. The Labute approximate surface area is 135 Å². The van der Waals surface area contributed by atoms with Gasteiger partial charge in [-0.1, -0.05) is 6.42 Å². The predicted molar refractivity (Wildman–Crippen MR) is 91.2 cm³/mol. The van der Waals surface area contributed by atoms with Crippen LogP contribution in [0.1, 0.15) is 33.1 Å². The van der Waals surface area contributed by atoms with Crippen molar-refractivity contribution in [3.63, 3.8) is 0 Å². The molecule has 23 heavy (non-hydrogen) atoms. The molecular weight excluding hydrogens is 292 g/mol. The van der Waals surface area contributed by atoms with Gasteiger partial charge in [0.05, 0.1) is 23.2 Å². The Morgan fingerprint density at radius 2 is 2.17 bits per heavy atom. The highest BCUT2D eigenvalue weighted by Gasteiger charge is 2.28. The number of nitrogen functional groups attached to an aromatic ring is 1. The normalized spacial score (nSPS) is 15.7. The first kappa shape index (κ1) is 15.8. The largest absolute Gasteiger partial charge is 0.389 e. The van der Waals surface area contributed by atoms with Gasteiger partial charge in [0.2, 0.25) is 11.9 Å². The minimum Gasteiger partial charge on any atom is -0.389 e. The van der Waals surface area contributed by atoms with Gasteiger partial charge in [0, 0.05) is 18.7 Å². The molecule has 3 rings (SSSR count). The molecule has 0 bridgehead atoms. The summed E-state index contributed by atoms with van der Waals surface area (Å²) in [4.78, 5) is 18.4. The molecule has 6 heteroatoms. The molecule has 3 N–H and O–H groups in total. The zero-order valence-corrected chi connectivity index (χ0v) is 13.9. The van der Waals surface area contributed by atoms with Gasteiger partial charge in [-0.15, -0.1) is 0 Å². The lowest BCUT2D eigenvalue weighted by Gasteiger charge is -2.29. The number of carbonyl (C=O) groups excluding carboxylic acids is 1. The number of nitrogens with two attached hydrogens (primary N) is 1. The van der Waals surface area contributed by atoms with Crippen LogP contribution in [0.5, 0.6) is 0 Å². The second-order valence-corrected chi connectivity index (χ2v) is 7.07. The average Bonchev–Trinajstić information content (AvgIpc) is 2.69. The lowest BCUT2D eigenvalue weighted by Crippen LogP contribution is -2.36. The van der Waals surface area contributed by atoms with E-state index in [0.29, 0.717) is 12.5 Å². The third-order valence-corrected chi connectivity index (χ3v) is 4.48. The molecule has 1 aromatic heterocycles. The highest BCUT2D eigenvalue weighted by Crippen LogP contribution is 2.31. The van der Waals surface area contributed by atoms with Crippen LogP contribution in [0, 0.1) is 5.92 Å². The molecule has 1 fully saturated rings. The molecule has 0 atom stereocenters. The molecule has 1 aliphatic rings. The molecule has 1 aromatic carbocycles. The van der Waals surface area contributed by atoms with Crippen LogP contribution in [-0.4, -0.2) is 33.2 Å². The van der Waals surface area contributed by atoms with E-state index in [-0.39, 0.29) is 11.8 Å². The van der Waals surface area contributed by atoms with Gasteiger partial charge < -0.3 is 20.3 Å². The van der Waals surface area contributed by atoms with Crippen molar-refractivity contribution in [3.8, 4) is 0 Å². The van der Waals surface area contributed by atoms with Crippen molar-refractivity contribution in [2.75, 3.05) is 17.7 Å². The van der Waals surface area contributed by atoms with E-state index in [1.165, 1.54) is 0 Å². The fourth-order valence-electron chi connectivity index (χ4n) is 2.95. The average molecular weight is 316 g/mol. The summed E-state index contributed by atoms with van der Waals surface area (Å²) in [6, 6.07) is 5.69. The van der Waals surface area contributed by atoms with E-state index in [1.807, 2.05) is 18.2 Å². The maximum absolute atomic E-state index is 12.4. The van der Waals surface area contributed by atoms with Gasteiger partial charge in [-0.3, -0.25) is 4.79 Å². The van der Waals surface area contributed by atoms with Crippen molar-refractivity contribution in [2.24, 2.45) is 5.92 Å². The lowest BCUT2D eigenvalue weighted by atomic mass is 9.84. The molecular formula is C17H24N4O2. The van der Waals surface area contributed by atoms with Crippen molar-refractivity contribution in [2.45, 2.75) is 45.3 Å². The zero-order chi connectivity index (χ0) is 16.8. The minimum absolute atomic E-state index is 0.161. The number of nitrogens with zero attached hydrogens (tertiary/aromatic N) is 3. The Morgan fingerprint density at radius 3 is 2.74 bits per heavy atom. The minimum atomic E-state index is -0.878. The molecule has 0 saturated heterocycles. The zero-order valence-electron chi connectivity index (χ0n) is 13.9. The van der Waals surface area contributed by atoms with Crippen molar-refractivity contribution in [1.82, 2.24) is 9.55 Å². The molecule has 0 unspecified atom stereocenters. The van der Waals surface area contributed by atoms with Gasteiger partial charge in [-0.05, 0) is 44.9 Å². The highest BCUT2D eigenvalue weighted by atomic mass is 16.3. The van der Waals surface area contributed by atoms with Gasteiger partial charge in [-0.2, -0.15) is 0 Å². The van der Waals surface area contributed by atoms with E-state index in [4.69, 9.17) is 5.73 Å². The topological polar surface area (TPSA) is 84.4 Å². The molecule has 0 radical (unpaired) electrons. The molecule has 2 aromatic rings. The van der Waals surface area contributed by atoms with E-state index >= 15 is 0 Å². The molecule has 1 heterocycles. The quantitative estimate of drug-likeness (QED) is 0.905. The van der Waals surface area contributed by atoms with Gasteiger partial charge in [0.1, 0.15) is 0 Å². The van der Waals surface area contributed by atoms with Gasteiger partial charge in [0.15, 0.2) is 0 Å². The fourth-order valence-corrected chi connectivity index (χ4v) is 2.95. The summed E-state index contributed by atoms with van der Waals surface area (Å²) in [6.45, 7) is 3.83. The van der Waals surface area contributed by atoms with Crippen LogP contribution in [0.4, 0.5) is 11.6 Å². The molecule has 0 aliphatic heterocycles. The number of hydrogen-bond acceptors (Lipinski definition) is 4. The Hall–Kier alpha value is -2.08. The first-order valence-corrected chi connectivity index (χ1v) is 8.02. The van der Waals surface area contributed by atoms with E-state index in [9.17, 15) is 9.90 Å². The Kier molecular flexibility index (Phi) is 3.80. The van der Waals surface area contributed by atoms with Crippen LogP contribution in [-0.2, 0) is 11.3 Å². The number of carbonyl (C=O) groups is 1. The van der Waals surface area contributed by atoms with Crippen LogP contribution in [0.2, 0.25) is 0 Å². The van der Waals surface area contributed by atoms with Gasteiger partial charge >= 0.3 is 0 Å². The number of imidazole rings is 1. The van der Waals surface area contributed by atoms with Gasteiger partial charge in [-0.25, -0.2) is 4.98 Å². The van der Waals surface area contributed by atoms with Crippen LogP contribution in [0.15, 0.2) is 18.2 Å². The van der Waals surface area contributed by atoms with Crippen LogP contribution in [0.3, 0.4) is 0 Å². The number of anilines is 2. The maximum atomic E-state index is 12.4. The molecule has 0 spiro atoms. The summed E-state index contributed by atoms with van der Waals surface area (Å²) in [5, 5.41) is 10.0. The summed E-state index contributed by atoms with van der Waals surface area (Å²) < 4.78 is 1.80. The summed E-state index contributed by atoms with van der Waals surface area (Å²) in [5.41, 5.74) is 7.52. The first-order valence-electron chi connectivity index (χ1n) is 8.02. The van der Waals surface area contributed by atoms with Crippen LogP contribution >= 0.6 is 0 Å². The first-order chi connectivity index (χ1) is 10.8. The molecule has 124 valence electrons. The van der Waals surface area contributed by atoms with E-state index < -0.39 is 5.60 Å². The van der Waals surface area contributed by atoms with Crippen molar-refractivity contribution >= 4 is 28.6 Å². The molecule has 1 amide bonds. The fraction of sp³-hybridized carbons (Fsp3) is 0.529. The smallest absolute Gasteiger partial charge is 0.229 e. The molecule has 1 aliphatic carbocycles. The molecule has 1 saturated carbocycles. The summed E-state index contributed by atoms with van der Waals surface area (Å²) in [5.74, 6) is 0.695. The number of amides is 1. The second kappa shape index (κ2) is 5.53. The Morgan fingerprint density at radius 1 is 1.48 bits per heavy atom. The van der Waals surface area contributed by atoms with Crippen molar-refractivity contribution in [3.05, 3.63) is 18.2 Å². The highest BCUT2D eigenvalue weighted by molar-refractivity contribution is 5.96. The third-order valence-electron chi connectivity index (χ3n) is 4.48. The number of hydrogen-bond donors (Lipinski definition) is 2. The lowest BCUT2D eigenvalue weighted by molar-refractivity contribution is -0.124. The Bertz CT molecular complexity index is 741. The number of aromatic nitrogens is 2. The van der Waals surface area contributed by atoms with E-state index in [1.54, 1.807) is 30.4 Å². The van der Waals surface area contributed by atoms with Crippen LogP contribution in [0.25, 0.3) is 11.0 Å². The summed E-state index contributed by atoms with van der Waals surface area (Å²) >= 11 is 0. The number of benzene rings is 1. The number of fused-ring (bicyclic) bond motifs is 1. The van der Waals surface area contributed by atoms with Crippen molar-refractivity contribution in [1.29, 1.82) is 0 Å². The second-order valence-electron chi connectivity index (χ2n) is 7.07. The standard InChI is InChI=1S/C17H24N4O2/c1-17(2,23)10-21-14-8-7-12(9-13(14)19-16(21)18)20(3)15(22)11-5-4-6-11/h7-9,11,23H,4-6,10H2,1-3H3,(H2,18,19). The van der Waals surface area contributed by atoms with Crippen molar-refractivity contribution < 1.29 is 9.90 Å². The Balaban J connectivity index is 1.92. The van der Waals surface area contributed by atoms with E-state index in [2.05, 4.69) is 4.98 Å². The van der Waals surface area contributed by atoms with Crippen LogP contribution < -0.4 is 10.6 Å². The third kappa shape index (κ3) is 3.03. The number of aliphatic hydroxyl groups is 1. The number of rotatable bonds is 4. The maximum Gasteiger partial charge on any atom is 0.229 e. The summed E-state index contributed by atoms with van der Waals surface area (Å²) in [7, 11) is 1.80. The predicted octanol–water partition coefficient (Wildman–Crippen LogP) is 2.15. The van der Waals surface area contributed by atoms with Gasteiger partial charge in [0.25, 0.3) is 0 Å². The molecule has 6 nitrogen and oxygen atoms in total. The summed E-state index contributed by atoms with van der Waals surface area (Å²) in [6.07, 6.45) is 3.11. The monoisotopic (exact) mass is 316 g/mol. The van der Waals surface area contributed by atoms with E-state index in [0.717, 1.165) is 36.0 Å².